The summed E-state index contributed by atoms with van der Waals surface area (Å²) in [5.74, 6) is -0.587. The molecule has 0 N–H and O–H groups in total. The molecule has 14 heteroatoms. The lowest BCUT2D eigenvalue weighted by molar-refractivity contribution is -0.385. The molecule has 1 aliphatic heterocycles. The number of benzene rings is 2. The van der Waals surface area contributed by atoms with Gasteiger partial charge in [-0.15, -0.1) is 0 Å². The zero-order chi connectivity index (χ0) is 27.4. The van der Waals surface area contributed by atoms with Gasteiger partial charge in [-0.2, -0.15) is 0 Å². The first-order valence-corrected chi connectivity index (χ1v) is 11.5. The van der Waals surface area contributed by atoms with Crippen molar-refractivity contribution in [2.75, 3.05) is 13.7 Å². The van der Waals surface area contributed by atoms with Crippen LogP contribution >= 0.6 is 11.8 Å². The highest BCUT2D eigenvalue weighted by Gasteiger charge is 2.36. The number of rotatable bonds is 9. The Hall–Kier alpha value is -5.11. The minimum absolute atomic E-state index is 0.0826. The maximum Gasteiger partial charge on any atom is 0.293 e. The number of methoxy groups -OCH3 is 1. The molecule has 192 valence electrons. The molecule has 1 fully saturated rings. The number of ketones is 1. The Morgan fingerprint density at radius 3 is 2.29 bits per heavy atom. The van der Waals surface area contributed by atoms with Crippen LogP contribution in [0.5, 0.6) is 17.4 Å². The molecule has 0 spiro atoms. The number of nitrogens with zero attached hydrogens (tertiary/aromatic N) is 4. The lowest BCUT2D eigenvalue weighted by Crippen LogP contribution is -2.33. The fourth-order valence-electron chi connectivity index (χ4n) is 3.30. The third kappa shape index (κ3) is 5.65. The van der Waals surface area contributed by atoms with Gasteiger partial charge < -0.3 is 9.47 Å². The average Bonchev–Trinajstić information content (AvgIpc) is 3.16. The van der Waals surface area contributed by atoms with Gasteiger partial charge in [0.05, 0.1) is 28.4 Å². The van der Waals surface area contributed by atoms with E-state index < -0.39 is 33.3 Å². The molecule has 0 bridgehead atoms. The van der Waals surface area contributed by atoms with E-state index in [9.17, 15) is 34.6 Å². The van der Waals surface area contributed by atoms with Crippen LogP contribution in [0.2, 0.25) is 0 Å². The summed E-state index contributed by atoms with van der Waals surface area (Å²) in [6, 6.07) is 12.1. The van der Waals surface area contributed by atoms with Gasteiger partial charge in [0.2, 0.25) is 5.88 Å². The van der Waals surface area contributed by atoms with Gasteiger partial charge in [0.1, 0.15) is 6.20 Å². The van der Waals surface area contributed by atoms with Crippen LogP contribution in [-0.2, 0) is 4.79 Å². The number of non-ortho nitro benzene ring substituents is 1. The van der Waals surface area contributed by atoms with E-state index >= 15 is 0 Å². The third-order valence-corrected chi connectivity index (χ3v) is 6.11. The zero-order valence-corrected chi connectivity index (χ0v) is 20.2. The molecule has 4 rings (SSSR count). The summed E-state index contributed by atoms with van der Waals surface area (Å²) in [7, 11) is 1.40. The van der Waals surface area contributed by atoms with Gasteiger partial charge in [-0.05, 0) is 47.7 Å². The smallest absolute Gasteiger partial charge is 0.293 e. The second-order valence-corrected chi connectivity index (χ2v) is 8.61. The second kappa shape index (κ2) is 10.9. The quantitative estimate of drug-likeness (QED) is 0.162. The number of carbonyl (C=O) groups excluding carboxylic acids is 3. The molecular weight excluding hydrogens is 520 g/mol. The van der Waals surface area contributed by atoms with Gasteiger partial charge >= 0.3 is 0 Å². The molecule has 0 unspecified atom stereocenters. The monoisotopic (exact) mass is 536 g/mol. The SMILES string of the molecule is COc1cc(/C=C2/SC(=O)N(CC(=O)c3ccc([N+](=O)[O-])cc3)C2=O)ccc1Oc1ccc([N+](=O)[O-])cn1. The third-order valence-electron chi connectivity index (χ3n) is 5.21. The van der Waals surface area contributed by atoms with Gasteiger partial charge in [0, 0.05) is 29.8 Å². The predicted molar refractivity (Wildman–Crippen MR) is 134 cm³/mol. The summed E-state index contributed by atoms with van der Waals surface area (Å²) < 4.78 is 11.0. The van der Waals surface area contributed by atoms with Crippen molar-refractivity contribution < 1.29 is 33.7 Å². The maximum atomic E-state index is 12.8. The molecule has 1 aromatic heterocycles. The number of aromatic nitrogens is 1. The number of thioether (sulfide) groups is 1. The van der Waals surface area contributed by atoms with Gasteiger partial charge in [-0.25, -0.2) is 4.98 Å². The number of imide groups is 1. The number of amides is 2. The van der Waals surface area contributed by atoms with Crippen molar-refractivity contribution in [3.05, 3.63) is 97.1 Å². The number of pyridine rings is 1. The predicted octanol–water partition coefficient (Wildman–Crippen LogP) is 4.62. The Morgan fingerprint density at radius 2 is 1.68 bits per heavy atom. The number of hydrogen-bond donors (Lipinski definition) is 0. The first-order valence-electron chi connectivity index (χ1n) is 10.7. The molecule has 13 nitrogen and oxygen atoms in total. The largest absolute Gasteiger partial charge is 0.493 e. The number of nitro benzene ring substituents is 1. The molecule has 2 aromatic carbocycles. The van der Waals surface area contributed by atoms with E-state index in [2.05, 4.69) is 4.98 Å². The Morgan fingerprint density at radius 1 is 1.00 bits per heavy atom. The van der Waals surface area contributed by atoms with Crippen molar-refractivity contribution in [1.29, 1.82) is 0 Å². The lowest BCUT2D eigenvalue weighted by Gasteiger charge is -2.11. The van der Waals surface area contributed by atoms with Gasteiger partial charge in [0.15, 0.2) is 17.3 Å². The summed E-state index contributed by atoms with van der Waals surface area (Å²) >= 11 is 0.664. The van der Waals surface area contributed by atoms with Crippen LogP contribution in [0.1, 0.15) is 15.9 Å². The van der Waals surface area contributed by atoms with E-state index in [-0.39, 0.29) is 39.2 Å². The second-order valence-electron chi connectivity index (χ2n) is 7.62. The molecule has 3 aromatic rings. The standard InChI is InChI=1S/C24H16N4O9S/c1-36-20-10-14(2-8-19(20)37-22-9-7-17(12-25-22)28(34)35)11-21-23(30)26(24(31)38-21)13-18(29)15-3-5-16(6-4-15)27(32)33/h2-12H,13H2,1H3/b21-11+. The van der Waals surface area contributed by atoms with Crippen molar-refractivity contribution in [2.24, 2.45) is 0 Å². The number of hydrogen-bond acceptors (Lipinski definition) is 11. The molecule has 1 saturated heterocycles. The van der Waals surface area contributed by atoms with E-state index in [4.69, 9.17) is 9.47 Å². The highest BCUT2D eigenvalue weighted by Crippen LogP contribution is 2.36. The summed E-state index contributed by atoms with van der Waals surface area (Å²) in [4.78, 5) is 62.9. The van der Waals surface area contributed by atoms with Crippen molar-refractivity contribution >= 4 is 46.1 Å². The molecule has 0 atom stereocenters. The van der Waals surface area contributed by atoms with E-state index in [1.165, 1.54) is 55.7 Å². The minimum Gasteiger partial charge on any atom is -0.493 e. The van der Waals surface area contributed by atoms with Crippen molar-refractivity contribution in [1.82, 2.24) is 9.88 Å². The van der Waals surface area contributed by atoms with Crippen LogP contribution in [-0.4, -0.2) is 50.3 Å². The van der Waals surface area contributed by atoms with E-state index in [1.807, 2.05) is 0 Å². The average molecular weight is 536 g/mol. The maximum absolute atomic E-state index is 12.8. The normalized spacial score (nSPS) is 14.0. The topological polar surface area (TPSA) is 172 Å². The Labute approximate surface area is 218 Å². The van der Waals surface area contributed by atoms with Gasteiger partial charge in [0.25, 0.3) is 22.5 Å². The molecular formula is C24H16N4O9S. The molecule has 38 heavy (non-hydrogen) atoms. The molecule has 0 aliphatic carbocycles. The first kappa shape index (κ1) is 26.0. The number of nitro groups is 2. The van der Waals surface area contributed by atoms with Gasteiger partial charge in [-0.1, -0.05) is 6.07 Å². The molecule has 1 aliphatic rings. The summed E-state index contributed by atoms with van der Waals surface area (Å²) in [5.41, 5.74) is 0.245. The Bertz CT molecular complexity index is 1490. The summed E-state index contributed by atoms with van der Waals surface area (Å²) in [6.45, 7) is -0.516. The lowest BCUT2D eigenvalue weighted by atomic mass is 10.1. The van der Waals surface area contributed by atoms with E-state index in [0.29, 0.717) is 17.3 Å². The zero-order valence-electron chi connectivity index (χ0n) is 19.4. The van der Waals surface area contributed by atoms with Gasteiger partial charge in [-0.3, -0.25) is 39.5 Å². The summed E-state index contributed by atoms with van der Waals surface area (Å²) in [5, 5.41) is 20.9. The fraction of sp³-hybridized carbons (Fsp3) is 0.0833. The highest BCUT2D eigenvalue weighted by molar-refractivity contribution is 8.18. The molecule has 2 heterocycles. The fourth-order valence-corrected chi connectivity index (χ4v) is 4.14. The Balaban J connectivity index is 1.48. The highest BCUT2D eigenvalue weighted by atomic mass is 32.2. The van der Waals surface area contributed by atoms with Crippen molar-refractivity contribution in [2.45, 2.75) is 0 Å². The van der Waals surface area contributed by atoms with Crippen LogP contribution in [0.25, 0.3) is 6.08 Å². The van der Waals surface area contributed by atoms with Crippen LogP contribution in [0.3, 0.4) is 0 Å². The van der Waals surface area contributed by atoms with E-state index in [0.717, 1.165) is 11.1 Å². The minimum atomic E-state index is -0.662. The number of carbonyl (C=O) groups is 3. The number of ether oxygens (including phenoxy) is 2. The molecule has 2 amide bonds. The van der Waals surface area contributed by atoms with Crippen molar-refractivity contribution in [3.63, 3.8) is 0 Å². The van der Waals surface area contributed by atoms with Crippen molar-refractivity contribution in [3.8, 4) is 17.4 Å². The number of Topliss-reactive ketones (excluding diaryl/α,β-unsaturated/α-hetero) is 1. The van der Waals surface area contributed by atoms with Crippen LogP contribution < -0.4 is 9.47 Å². The molecule has 0 radical (unpaired) electrons. The molecule has 0 saturated carbocycles. The first-order chi connectivity index (χ1) is 18.2. The Kier molecular flexibility index (Phi) is 7.43. The van der Waals surface area contributed by atoms with Crippen LogP contribution in [0, 0.1) is 20.2 Å². The summed E-state index contributed by atoms with van der Waals surface area (Å²) in [6.07, 6.45) is 2.51. The van der Waals surface area contributed by atoms with Crippen LogP contribution in [0.4, 0.5) is 16.2 Å². The van der Waals surface area contributed by atoms with Crippen LogP contribution in [0.15, 0.2) is 65.7 Å². The van der Waals surface area contributed by atoms with E-state index in [1.54, 1.807) is 12.1 Å².